The van der Waals surface area contributed by atoms with Crippen LogP contribution in [0, 0.1) is 12.3 Å². The highest BCUT2D eigenvalue weighted by atomic mass is 32.1. The molecule has 4 heterocycles. The monoisotopic (exact) mass is 404 g/mol. The van der Waals surface area contributed by atoms with Crippen LogP contribution in [0.2, 0.25) is 0 Å². The normalized spacial score (nSPS) is 18.9. The minimum atomic E-state index is -0.161. The van der Waals surface area contributed by atoms with E-state index in [2.05, 4.69) is 36.9 Å². The van der Waals surface area contributed by atoms with Gasteiger partial charge in [-0.25, -0.2) is 4.98 Å². The van der Waals surface area contributed by atoms with Crippen LogP contribution in [-0.2, 0) is 24.2 Å². The molecule has 0 aliphatic carbocycles. The third-order valence-corrected chi connectivity index (χ3v) is 7.04. The summed E-state index contributed by atoms with van der Waals surface area (Å²) in [5, 5.41) is 11.3. The molecule has 2 aliphatic rings. The Balaban J connectivity index is 1.39. The summed E-state index contributed by atoms with van der Waals surface area (Å²) in [4.78, 5) is 20.8. The molecule has 8 nitrogen and oxygen atoms in total. The average molecular weight is 405 g/mol. The van der Waals surface area contributed by atoms with E-state index in [-0.39, 0.29) is 11.3 Å². The zero-order valence-corrected chi connectivity index (χ0v) is 17.4. The molecular weight excluding hydrogens is 376 g/mol. The van der Waals surface area contributed by atoms with Gasteiger partial charge in [-0.15, -0.1) is 21.5 Å². The van der Waals surface area contributed by atoms with Crippen LogP contribution < -0.4 is 5.32 Å². The lowest BCUT2D eigenvalue weighted by Crippen LogP contribution is -2.44. The van der Waals surface area contributed by atoms with Crippen LogP contribution in [0.25, 0.3) is 0 Å². The van der Waals surface area contributed by atoms with Gasteiger partial charge in [0.15, 0.2) is 0 Å². The second-order valence-electron chi connectivity index (χ2n) is 7.91. The highest BCUT2D eigenvalue weighted by Crippen LogP contribution is 2.41. The number of rotatable bonds is 6. The Morgan fingerprint density at radius 3 is 2.86 bits per heavy atom. The van der Waals surface area contributed by atoms with Gasteiger partial charge in [0.05, 0.1) is 17.8 Å². The fourth-order valence-electron chi connectivity index (χ4n) is 4.27. The van der Waals surface area contributed by atoms with E-state index >= 15 is 0 Å². The number of likely N-dealkylation sites (tertiary alicyclic amines) is 1. The summed E-state index contributed by atoms with van der Waals surface area (Å²) in [6.45, 7) is 7.08. The molecule has 0 aromatic carbocycles. The maximum atomic E-state index is 12.5. The molecule has 0 atom stereocenters. The predicted octanol–water partition coefficient (Wildman–Crippen LogP) is 1.65. The molecule has 1 fully saturated rings. The van der Waals surface area contributed by atoms with Crippen molar-refractivity contribution in [2.45, 2.75) is 45.7 Å². The molecule has 1 amide bonds. The van der Waals surface area contributed by atoms with E-state index in [1.807, 2.05) is 5.51 Å². The van der Waals surface area contributed by atoms with E-state index < -0.39 is 0 Å². The summed E-state index contributed by atoms with van der Waals surface area (Å²) in [5.41, 5.74) is 3.33. The van der Waals surface area contributed by atoms with Crippen molar-refractivity contribution in [3.63, 3.8) is 0 Å². The van der Waals surface area contributed by atoms with Gasteiger partial charge in [0.25, 0.3) is 5.91 Å². The maximum Gasteiger partial charge on any atom is 0.289 e. The molecule has 2 aliphatic heterocycles. The van der Waals surface area contributed by atoms with Crippen molar-refractivity contribution in [2.75, 3.05) is 33.4 Å². The lowest BCUT2D eigenvalue weighted by Gasteiger charge is -2.44. The van der Waals surface area contributed by atoms with Crippen LogP contribution in [0.15, 0.2) is 5.51 Å². The Labute approximate surface area is 169 Å². The van der Waals surface area contributed by atoms with Crippen LogP contribution in [-0.4, -0.2) is 63.9 Å². The second kappa shape index (κ2) is 8.26. The first-order valence-electron chi connectivity index (χ1n) is 9.91. The minimum Gasteiger partial charge on any atom is -0.383 e. The topological polar surface area (TPSA) is 85.2 Å². The molecule has 152 valence electrons. The second-order valence-corrected chi connectivity index (χ2v) is 8.85. The van der Waals surface area contributed by atoms with E-state index in [1.54, 1.807) is 18.4 Å². The van der Waals surface area contributed by atoms with Crippen molar-refractivity contribution in [1.82, 2.24) is 30.0 Å². The molecule has 4 rings (SSSR count). The number of ether oxygens (including phenoxy) is 1. The molecule has 0 bridgehead atoms. The summed E-state index contributed by atoms with van der Waals surface area (Å²) in [5.74, 6) is 1.21. The third-order valence-electron chi connectivity index (χ3n) is 6.12. The van der Waals surface area contributed by atoms with Gasteiger partial charge >= 0.3 is 0 Å². The first-order valence-corrected chi connectivity index (χ1v) is 10.8. The van der Waals surface area contributed by atoms with E-state index in [0.717, 1.165) is 63.4 Å². The Bertz CT molecular complexity index is 824. The zero-order chi connectivity index (χ0) is 19.6. The quantitative estimate of drug-likeness (QED) is 0.737. The van der Waals surface area contributed by atoms with Gasteiger partial charge in [-0.2, -0.15) is 0 Å². The number of piperidine rings is 1. The number of aryl methyl sites for hydroxylation is 2. The number of carbonyl (C=O) groups is 1. The molecule has 2 aromatic heterocycles. The van der Waals surface area contributed by atoms with Gasteiger partial charge in [0, 0.05) is 38.0 Å². The Hall–Kier alpha value is -1.84. The smallest absolute Gasteiger partial charge is 0.289 e. The molecule has 2 aromatic rings. The van der Waals surface area contributed by atoms with Gasteiger partial charge in [0.1, 0.15) is 5.82 Å². The van der Waals surface area contributed by atoms with Crippen molar-refractivity contribution in [3.8, 4) is 0 Å². The Morgan fingerprint density at radius 1 is 1.32 bits per heavy atom. The molecule has 1 saturated heterocycles. The number of aromatic nitrogens is 4. The first kappa shape index (κ1) is 19.5. The fourth-order valence-corrected chi connectivity index (χ4v) is 5.08. The number of carbonyl (C=O) groups excluding carboxylic acids is 1. The molecule has 9 heteroatoms. The van der Waals surface area contributed by atoms with Crippen molar-refractivity contribution in [1.29, 1.82) is 0 Å². The van der Waals surface area contributed by atoms with E-state index in [4.69, 9.17) is 4.74 Å². The molecule has 0 unspecified atom stereocenters. The number of thiazole rings is 1. The highest BCUT2D eigenvalue weighted by Gasteiger charge is 2.39. The summed E-state index contributed by atoms with van der Waals surface area (Å²) in [6.07, 6.45) is 4.32. The SMILES string of the molecule is COCCNC(=O)c1nnc2n1CC1(CC2)CCN(Cc2scnc2C)CC1. The van der Waals surface area contributed by atoms with Gasteiger partial charge in [-0.3, -0.25) is 9.69 Å². The van der Waals surface area contributed by atoms with Crippen LogP contribution >= 0.6 is 11.3 Å². The minimum absolute atomic E-state index is 0.161. The first-order chi connectivity index (χ1) is 13.6. The molecule has 0 saturated carbocycles. The highest BCUT2D eigenvalue weighted by molar-refractivity contribution is 7.09. The van der Waals surface area contributed by atoms with Crippen LogP contribution in [0.3, 0.4) is 0 Å². The van der Waals surface area contributed by atoms with E-state index in [9.17, 15) is 4.79 Å². The standard InChI is InChI=1S/C19H28N6O2S/c1-14-15(28-13-21-14)11-24-8-5-19(6-9-24)4-3-16-22-23-17(25(16)12-19)18(26)20-7-10-27-2/h13H,3-12H2,1-2H3,(H,20,26). The van der Waals surface area contributed by atoms with Gasteiger partial charge in [-0.05, 0) is 44.7 Å². The van der Waals surface area contributed by atoms with Crippen LogP contribution in [0.4, 0.5) is 0 Å². The fraction of sp³-hybridized carbons (Fsp3) is 0.684. The number of fused-ring (bicyclic) bond motifs is 1. The van der Waals surface area contributed by atoms with Gasteiger partial charge in [0.2, 0.25) is 5.82 Å². The largest absolute Gasteiger partial charge is 0.383 e. The summed E-state index contributed by atoms with van der Waals surface area (Å²) in [7, 11) is 1.62. The van der Waals surface area contributed by atoms with Crippen molar-refractivity contribution < 1.29 is 9.53 Å². The maximum absolute atomic E-state index is 12.5. The van der Waals surface area contributed by atoms with Crippen molar-refractivity contribution in [2.24, 2.45) is 5.41 Å². The molecule has 28 heavy (non-hydrogen) atoms. The van der Waals surface area contributed by atoms with Crippen LogP contribution in [0.5, 0.6) is 0 Å². The van der Waals surface area contributed by atoms with Gasteiger partial charge < -0.3 is 14.6 Å². The van der Waals surface area contributed by atoms with Crippen LogP contribution in [0.1, 0.15) is 46.3 Å². The Morgan fingerprint density at radius 2 is 2.14 bits per heavy atom. The number of nitrogens with one attached hydrogen (secondary N) is 1. The number of hydrogen-bond acceptors (Lipinski definition) is 7. The predicted molar refractivity (Wildman–Crippen MR) is 106 cm³/mol. The Kier molecular flexibility index (Phi) is 5.75. The molecular formula is C19H28N6O2S. The van der Waals surface area contributed by atoms with E-state index in [1.165, 1.54) is 4.88 Å². The number of methoxy groups -OCH3 is 1. The average Bonchev–Trinajstić information content (AvgIpc) is 3.30. The van der Waals surface area contributed by atoms with Gasteiger partial charge in [-0.1, -0.05) is 0 Å². The summed E-state index contributed by atoms with van der Waals surface area (Å²) < 4.78 is 7.05. The molecule has 1 N–H and O–H groups in total. The number of hydrogen-bond donors (Lipinski definition) is 1. The zero-order valence-electron chi connectivity index (χ0n) is 16.6. The molecule has 0 radical (unpaired) electrons. The summed E-state index contributed by atoms with van der Waals surface area (Å²) in [6, 6.07) is 0. The lowest BCUT2D eigenvalue weighted by atomic mass is 9.73. The van der Waals surface area contributed by atoms with Crippen molar-refractivity contribution in [3.05, 3.63) is 27.7 Å². The van der Waals surface area contributed by atoms with Crippen molar-refractivity contribution >= 4 is 17.2 Å². The summed E-state index contributed by atoms with van der Waals surface area (Å²) >= 11 is 1.75. The third kappa shape index (κ3) is 3.97. The number of nitrogens with zero attached hydrogens (tertiary/aromatic N) is 5. The van der Waals surface area contributed by atoms with E-state index in [0.29, 0.717) is 19.0 Å². The lowest BCUT2D eigenvalue weighted by molar-refractivity contribution is 0.0621. The number of amides is 1. The molecule has 1 spiro atoms.